The van der Waals surface area contributed by atoms with Crippen LogP contribution in [0.2, 0.25) is 0 Å². The Balaban J connectivity index is 2.02. The average molecular weight is 283 g/mol. The molecule has 0 spiro atoms. The van der Waals surface area contributed by atoms with Crippen LogP contribution in [0.1, 0.15) is 5.56 Å². The van der Waals surface area contributed by atoms with Crippen molar-refractivity contribution in [1.29, 1.82) is 0 Å². The van der Waals surface area contributed by atoms with Gasteiger partial charge in [0.05, 0.1) is 13.7 Å². The lowest BCUT2D eigenvalue weighted by Gasteiger charge is -2.32. The monoisotopic (exact) mass is 283 g/mol. The largest absolute Gasteiger partial charge is 0.497 e. The van der Waals surface area contributed by atoms with Crippen molar-refractivity contribution >= 4 is 5.84 Å². The minimum atomic E-state index is -0.463. The van der Waals surface area contributed by atoms with Gasteiger partial charge in [0.15, 0.2) is 5.84 Å². The maximum absolute atomic E-state index is 13.9. The Kier molecular flexibility index (Phi) is 4.75. The third-order valence-corrected chi connectivity index (χ3v) is 3.25. The topological polar surface area (TPSA) is 80.3 Å². The number of rotatable bonds is 4. The number of halogens is 1. The van der Waals surface area contributed by atoms with Gasteiger partial charge >= 0.3 is 0 Å². The molecule has 1 fully saturated rings. The second-order valence-corrected chi connectivity index (χ2v) is 4.58. The van der Waals surface area contributed by atoms with Gasteiger partial charge in [0, 0.05) is 31.3 Å². The number of oxime groups is 1. The Labute approximate surface area is 116 Å². The van der Waals surface area contributed by atoms with Gasteiger partial charge < -0.3 is 20.4 Å². The summed E-state index contributed by atoms with van der Waals surface area (Å²) >= 11 is 0. The highest BCUT2D eigenvalue weighted by atomic mass is 19.1. The van der Waals surface area contributed by atoms with Crippen LogP contribution in [0.3, 0.4) is 0 Å². The molecule has 110 valence electrons. The molecule has 20 heavy (non-hydrogen) atoms. The summed E-state index contributed by atoms with van der Waals surface area (Å²) in [4.78, 5) is 2.00. The van der Waals surface area contributed by atoms with Gasteiger partial charge in [-0.3, -0.25) is 4.90 Å². The van der Waals surface area contributed by atoms with Crippen LogP contribution < -0.4 is 10.5 Å². The number of hydrogen-bond donors (Lipinski definition) is 2. The molecule has 0 amide bonds. The SMILES string of the molecule is COc1ccc(CN2CCOC(/C(N)=N/O)C2)c(F)c1. The molecule has 1 aromatic carbocycles. The molecule has 1 aliphatic heterocycles. The molecular formula is C13H18FN3O3. The molecule has 0 aliphatic carbocycles. The summed E-state index contributed by atoms with van der Waals surface area (Å²) in [6, 6.07) is 4.78. The van der Waals surface area contributed by atoms with E-state index in [4.69, 9.17) is 20.4 Å². The summed E-state index contributed by atoms with van der Waals surface area (Å²) in [7, 11) is 1.50. The van der Waals surface area contributed by atoms with Gasteiger partial charge in [-0.25, -0.2) is 4.39 Å². The Morgan fingerprint density at radius 1 is 1.65 bits per heavy atom. The zero-order valence-electron chi connectivity index (χ0n) is 11.3. The third-order valence-electron chi connectivity index (χ3n) is 3.25. The van der Waals surface area contributed by atoms with E-state index in [2.05, 4.69) is 5.16 Å². The first-order valence-corrected chi connectivity index (χ1v) is 6.28. The smallest absolute Gasteiger partial charge is 0.169 e. The van der Waals surface area contributed by atoms with E-state index in [0.717, 1.165) is 0 Å². The van der Waals surface area contributed by atoms with E-state index in [9.17, 15) is 4.39 Å². The van der Waals surface area contributed by atoms with Crippen molar-refractivity contribution in [2.45, 2.75) is 12.6 Å². The highest BCUT2D eigenvalue weighted by Crippen LogP contribution is 2.18. The molecule has 0 aromatic heterocycles. The van der Waals surface area contributed by atoms with Crippen LogP contribution in [0.25, 0.3) is 0 Å². The lowest BCUT2D eigenvalue weighted by molar-refractivity contribution is 0.00105. The van der Waals surface area contributed by atoms with Crippen LogP contribution in [-0.4, -0.2) is 48.9 Å². The van der Waals surface area contributed by atoms with Crippen LogP contribution in [0.4, 0.5) is 4.39 Å². The van der Waals surface area contributed by atoms with Gasteiger partial charge in [-0.2, -0.15) is 0 Å². The van der Waals surface area contributed by atoms with Crippen LogP contribution in [0, 0.1) is 5.82 Å². The number of morpholine rings is 1. The fourth-order valence-corrected chi connectivity index (χ4v) is 2.11. The highest BCUT2D eigenvalue weighted by molar-refractivity contribution is 5.84. The summed E-state index contributed by atoms with van der Waals surface area (Å²) in [6.45, 7) is 2.02. The maximum Gasteiger partial charge on any atom is 0.169 e. The van der Waals surface area contributed by atoms with Crippen LogP contribution in [-0.2, 0) is 11.3 Å². The van der Waals surface area contributed by atoms with E-state index in [0.29, 0.717) is 37.6 Å². The number of nitrogens with zero attached hydrogens (tertiary/aromatic N) is 2. The van der Waals surface area contributed by atoms with E-state index in [1.165, 1.54) is 13.2 Å². The zero-order chi connectivity index (χ0) is 14.5. The fraction of sp³-hybridized carbons (Fsp3) is 0.462. The summed E-state index contributed by atoms with van der Waals surface area (Å²) in [5.41, 5.74) is 6.10. The summed E-state index contributed by atoms with van der Waals surface area (Å²) in [6.07, 6.45) is -0.463. The molecule has 1 saturated heterocycles. The molecular weight excluding hydrogens is 265 g/mol. The number of ether oxygens (including phenoxy) is 2. The van der Waals surface area contributed by atoms with Gasteiger partial charge in [-0.15, -0.1) is 0 Å². The number of nitrogens with two attached hydrogens (primary N) is 1. The summed E-state index contributed by atoms with van der Waals surface area (Å²) in [5, 5.41) is 11.6. The molecule has 1 heterocycles. The molecule has 1 atom stereocenters. The first-order valence-electron chi connectivity index (χ1n) is 6.28. The first-order chi connectivity index (χ1) is 9.63. The van der Waals surface area contributed by atoms with Gasteiger partial charge in [0.1, 0.15) is 17.7 Å². The van der Waals surface area contributed by atoms with Gasteiger partial charge in [-0.05, 0) is 6.07 Å². The molecule has 1 aromatic rings. The summed E-state index contributed by atoms with van der Waals surface area (Å²) in [5.74, 6) is 0.212. The van der Waals surface area contributed by atoms with Crippen molar-refractivity contribution in [3.8, 4) is 5.75 Å². The summed E-state index contributed by atoms with van der Waals surface area (Å²) < 4.78 is 24.3. The number of amidine groups is 1. The van der Waals surface area contributed by atoms with Crippen molar-refractivity contribution in [3.05, 3.63) is 29.6 Å². The van der Waals surface area contributed by atoms with Crippen molar-refractivity contribution in [3.63, 3.8) is 0 Å². The van der Waals surface area contributed by atoms with Gasteiger partial charge in [-0.1, -0.05) is 11.2 Å². The van der Waals surface area contributed by atoms with E-state index in [-0.39, 0.29) is 11.7 Å². The Morgan fingerprint density at radius 3 is 3.10 bits per heavy atom. The Morgan fingerprint density at radius 2 is 2.45 bits per heavy atom. The Bertz CT molecular complexity index is 496. The minimum absolute atomic E-state index is 0.0323. The first kappa shape index (κ1) is 14.5. The predicted molar refractivity (Wildman–Crippen MR) is 71.4 cm³/mol. The molecule has 2 rings (SSSR count). The quantitative estimate of drug-likeness (QED) is 0.369. The standard InChI is InChI=1S/C13H18FN3O3/c1-19-10-3-2-9(11(14)6-10)7-17-4-5-20-12(8-17)13(15)16-18/h2-3,6,12,18H,4-5,7-8H2,1H3,(H2,15,16). The number of benzene rings is 1. The van der Waals surface area contributed by atoms with Crippen LogP contribution in [0.15, 0.2) is 23.4 Å². The molecule has 1 aliphatic rings. The van der Waals surface area contributed by atoms with Crippen LogP contribution in [0.5, 0.6) is 5.75 Å². The van der Waals surface area contributed by atoms with Crippen LogP contribution >= 0.6 is 0 Å². The maximum atomic E-state index is 13.9. The molecule has 1 unspecified atom stereocenters. The highest BCUT2D eigenvalue weighted by Gasteiger charge is 2.24. The van der Waals surface area contributed by atoms with Crippen molar-refractivity contribution < 1.29 is 19.1 Å². The lowest BCUT2D eigenvalue weighted by atomic mass is 10.1. The molecule has 3 N–H and O–H groups in total. The molecule has 0 radical (unpaired) electrons. The molecule has 0 saturated carbocycles. The normalized spacial score (nSPS) is 20.9. The molecule has 0 bridgehead atoms. The van der Waals surface area contributed by atoms with E-state index >= 15 is 0 Å². The molecule has 7 heteroatoms. The molecule has 6 nitrogen and oxygen atoms in total. The van der Waals surface area contributed by atoms with Gasteiger partial charge in [0.25, 0.3) is 0 Å². The Hall–Kier alpha value is -1.86. The lowest BCUT2D eigenvalue weighted by Crippen LogP contribution is -2.48. The number of hydrogen-bond acceptors (Lipinski definition) is 5. The third kappa shape index (κ3) is 3.37. The predicted octanol–water partition coefficient (Wildman–Crippen LogP) is 0.782. The average Bonchev–Trinajstić information content (AvgIpc) is 2.48. The van der Waals surface area contributed by atoms with E-state index in [1.807, 2.05) is 4.90 Å². The van der Waals surface area contributed by atoms with Crippen molar-refractivity contribution in [2.24, 2.45) is 10.9 Å². The second-order valence-electron chi connectivity index (χ2n) is 4.58. The minimum Gasteiger partial charge on any atom is -0.497 e. The van der Waals surface area contributed by atoms with E-state index in [1.54, 1.807) is 12.1 Å². The second kappa shape index (κ2) is 6.53. The van der Waals surface area contributed by atoms with Crippen molar-refractivity contribution in [2.75, 3.05) is 26.8 Å². The number of methoxy groups -OCH3 is 1. The van der Waals surface area contributed by atoms with Gasteiger partial charge in [0.2, 0.25) is 0 Å². The zero-order valence-corrected chi connectivity index (χ0v) is 11.3. The fourth-order valence-electron chi connectivity index (χ4n) is 2.11. The van der Waals surface area contributed by atoms with E-state index < -0.39 is 6.10 Å². The van der Waals surface area contributed by atoms with Crippen molar-refractivity contribution in [1.82, 2.24) is 4.90 Å².